The van der Waals surface area contributed by atoms with Gasteiger partial charge < -0.3 is 19.8 Å². The van der Waals surface area contributed by atoms with Crippen molar-refractivity contribution in [3.05, 3.63) is 95.2 Å². The van der Waals surface area contributed by atoms with Crippen molar-refractivity contribution >= 4 is 34.2 Å². The van der Waals surface area contributed by atoms with Crippen molar-refractivity contribution in [3.63, 3.8) is 0 Å². The van der Waals surface area contributed by atoms with Crippen LogP contribution in [0.3, 0.4) is 0 Å². The molecule has 1 heterocycles. The van der Waals surface area contributed by atoms with Crippen LogP contribution in [0.4, 0.5) is 11.4 Å². The minimum absolute atomic E-state index is 0.196. The highest BCUT2D eigenvalue weighted by Gasteiger charge is 2.22. The summed E-state index contributed by atoms with van der Waals surface area (Å²) in [6.07, 6.45) is 0. The van der Waals surface area contributed by atoms with Gasteiger partial charge in [0.05, 0.1) is 6.61 Å². The Labute approximate surface area is 179 Å². The summed E-state index contributed by atoms with van der Waals surface area (Å²) in [5.41, 5.74) is 3.68. The average molecular weight is 414 g/mol. The lowest BCUT2D eigenvalue weighted by molar-refractivity contribution is 0.0989. The van der Waals surface area contributed by atoms with E-state index in [2.05, 4.69) is 10.6 Å². The summed E-state index contributed by atoms with van der Waals surface area (Å²) >= 11 is 0. The van der Waals surface area contributed by atoms with E-state index in [0.717, 1.165) is 5.39 Å². The first kappa shape index (κ1) is 20.4. The van der Waals surface area contributed by atoms with Crippen LogP contribution >= 0.6 is 0 Å². The molecule has 0 atom stereocenters. The quantitative estimate of drug-likeness (QED) is 0.443. The van der Waals surface area contributed by atoms with Crippen LogP contribution in [-0.4, -0.2) is 18.9 Å². The van der Waals surface area contributed by atoms with E-state index in [0.29, 0.717) is 33.6 Å². The number of carbonyl (C=O) groups is 2. The minimum Gasteiger partial charge on any atom is -0.451 e. The maximum absolute atomic E-state index is 13.0. The van der Waals surface area contributed by atoms with E-state index in [1.807, 2.05) is 54.6 Å². The zero-order chi connectivity index (χ0) is 21.8. The molecule has 6 heteroatoms. The first-order chi connectivity index (χ1) is 15.1. The number of hydrogen-bond donors (Lipinski definition) is 2. The number of amides is 2. The van der Waals surface area contributed by atoms with Gasteiger partial charge in [-0.1, -0.05) is 42.5 Å². The Bertz CT molecular complexity index is 1250. The standard InChI is InChI=1S/C25H22N2O4/c1-16-18(24(28)26-17-9-4-3-5-10-17)12-8-13-21(16)27-25(29)23-20(15-30-2)19-11-6-7-14-22(19)31-23/h3-14H,15H2,1-2H3,(H,26,28)(H,27,29). The van der Waals surface area contributed by atoms with Gasteiger partial charge in [-0.25, -0.2) is 0 Å². The number of methoxy groups -OCH3 is 1. The Morgan fingerprint density at radius 1 is 0.871 bits per heavy atom. The van der Waals surface area contributed by atoms with E-state index in [1.54, 1.807) is 32.2 Å². The highest BCUT2D eigenvalue weighted by Crippen LogP contribution is 2.28. The minimum atomic E-state index is -0.396. The van der Waals surface area contributed by atoms with Crippen LogP contribution in [0.5, 0.6) is 0 Å². The van der Waals surface area contributed by atoms with E-state index < -0.39 is 5.91 Å². The zero-order valence-electron chi connectivity index (χ0n) is 17.3. The third-order valence-electron chi connectivity index (χ3n) is 5.05. The van der Waals surface area contributed by atoms with E-state index in [9.17, 15) is 9.59 Å². The van der Waals surface area contributed by atoms with Gasteiger partial charge in [-0.2, -0.15) is 0 Å². The maximum Gasteiger partial charge on any atom is 0.291 e. The molecule has 0 fully saturated rings. The highest BCUT2D eigenvalue weighted by molar-refractivity contribution is 6.09. The Kier molecular flexibility index (Phi) is 5.82. The Balaban J connectivity index is 1.61. The molecule has 0 bridgehead atoms. The number of benzene rings is 3. The lowest BCUT2D eigenvalue weighted by Gasteiger charge is -2.12. The van der Waals surface area contributed by atoms with Crippen LogP contribution in [0.15, 0.2) is 77.2 Å². The van der Waals surface area contributed by atoms with Gasteiger partial charge in [0.2, 0.25) is 0 Å². The SMILES string of the molecule is COCc1c(C(=O)Nc2cccc(C(=O)Nc3ccccc3)c2C)oc2ccccc12. The lowest BCUT2D eigenvalue weighted by atomic mass is 10.1. The number of carbonyl (C=O) groups excluding carboxylic acids is 2. The molecule has 31 heavy (non-hydrogen) atoms. The van der Waals surface area contributed by atoms with Crippen LogP contribution < -0.4 is 10.6 Å². The summed E-state index contributed by atoms with van der Waals surface area (Å²) in [4.78, 5) is 25.8. The Morgan fingerprint density at radius 3 is 2.39 bits per heavy atom. The van der Waals surface area contributed by atoms with Crippen molar-refractivity contribution in [2.45, 2.75) is 13.5 Å². The Hall–Kier alpha value is -3.90. The molecule has 3 aromatic carbocycles. The second kappa shape index (κ2) is 8.85. The predicted octanol–water partition coefficient (Wildman–Crippen LogP) is 5.39. The molecule has 0 aliphatic heterocycles. The van der Waals surface area contributed by atoms with Gasteiger partial charge in [0.1, 0.15) is 5.58 Å². The maximum atomic E-state index is 13.0. The van der Waals surface area contributed by atoms with Crippen molar-refractivity contribution in [2.24, 2.45) is 0 Å². The summed E-state index contributed by atoms with van der Waals surface area (Å²) in [6.45, 7) is 2.04. The summed E-state index contributed by atoms with van der Waals surface area (Å²) < 4.78 is 11.1. The number of hydrogen-bond acceptors (Lipinski definition) is 4. The van der Waals surface area contributed by atoms with Crippen LogP contribution in [0.25, 0.3) is 11.0 Å². The molecule has 0 unspecified atom stereocenters. The van der Waals surface area contributed by atoms with Gasteiger partial charge in [-0.05, 0) is 42.8 Å². The zero-order valence-corrected chi connectivity index (χ0v) is 17.3. The van der Waals surface area contributed by atoms with Crippen molar-refractivity contribution in [2.75, 3.05) is 17.7 Å². The number of rotatable bonds is 6. The third kappa shape index (κ3) is 4.20. The molecule has 2 N–H and O–H groups in total. The number of furan rings is 1. The van der Waals surface area contributed by atoms with Gasteiger partial charge in [-0.15, -0.1) is 0 Å². The second-order valence-corrected chi connectivity index (χ2v) is 7.09. The molecule has 0 saturated heterocycles. The van der Waals surface area contributed by atoms with Crippen LogP contribution in [-0.2, 0) is 11.3 Å². The fourth-order valence-electron chi connectivity index (χ4n) is 3.49. The van der Waals surface area contributed by atoms with Gasteiger partial charge >= 0.3 is 0 Å². The van der Waals surface area contributed by atoms with Crippen LogP contribution in [0, 0.1) is 6.92 Å². The molecule has 156 valence electrons. The largest absolute Gasteiger partial charge is 0.451 e. The van der Waals surface area contributed by atoms with Crippen molar-refractivity contribution in [1.82, 2.24) is 0 Å². The smallest absolute Gasteiger partial charge is 0.291 e. The fourth-order valence-corrected chi connectivity index (χ4v) is 3.49. The molecule has 4 rings (SSSR count). The first-order valence-electron chi connectivity index (χ1n) is 9.85. The molecular weight excluding hydrogens is 392 g/mol. The third-order valence-corrected chi connectivity index (χ3v) is 5.05. The summed E-state index contributed by atoms with van der Waals surface area (Å²) in [7, 11) is 1.57. The molecule has 0 spiro atoms. The number of nitrogens with one attached hydrogen (secondary N) is 2. The van der Waals surface area contributed by atoms with Gasteiger partial charge in [0, 0.05) is 35.0 Å². The van der Waals surface area contributed by atoms with Crippen molar-refractivity contribution in [1.29, 1.82) is 0 Å². The summed E-state index contributed by atoms with van der Waals surface area (Å²) in [6, 6.07) is 21.9. The first-order valence-corrected chi connectivity index (χ1v) is 9.85. The van der Waals surface area contributed by atoms with Gasteiger partial charge in [-0.3, -0.25) is 9.59 Å². The number of ether oxygens (including phenoxy) is 1. The molecule has 0 radical (unpaired) electrons. The molecule has 0 saturated carbocycles. The molecular formula is C25H22N2O4. The van der Waals surface area contributed by atoms with E-state index >= 15 is 0 Å². The average Bonchev–Trinajstić information content (AvgIpc) is 3.15. The summed E-state index contributed by atoms with van der Waals surface area (Å²) in [5.74, 6) is -0.447. The van der Waals surface area contributed by atoms with Gasteiger partial charge in [0.25, 0.3) is 11.8 Å². The molecule has 0 aliphatic carbocycles. The second-order valence-electron chi connectivity index (χ2n) is 7.09. The number of anilines is 2. The van der Waals surface area contributed by atoms with Crippen LogP contribution in [0.2, 0.25) is 0 Å². The van der Waals surface area contributed by atoms with Crippen molar-refractivity contribution in [3.8, 4) is 0 Å². The molecule has 6 nitrogen and oxygen atoms in total. The van der Waals surface area contributed by atoms with E-state index in [4.69, 9.17) is 9.15 Å². The lowest BCUT2D eigenvalue weighted by Crippen LogP contribution is -2.17. The fraction of sp³-hybridized carbons (Fsp3) is 0.120. The number of para-hydroxylation sites is 2. The summed E-state index contributed by atoms with van der Waals surface area (Å²) in [5, 5.41) is 6.58. The predicted molar refractivity (Wildman–Crippen MR) is 120 cm³/mol. The van der Waals surface area contributed by atoms with Crippen LogP contribution in [0.1, 0.15) is 32.0 Å². The van der Waals surface area contributed by atoms with Crippen molar-refractivity contribution < 1.29 is 18.7 Å². The Morgan fingerprint density at radius 2 is 1.61 bits per heavy atom. The monoisotopic (exact) mass is 414 g/mol. The van der Waals surface area contributed by atoms with Gasteiger partial charge in [0.15, 0.2) is 5.76 Å². The molecule has 2 amide bonds. The number of fused-ring (bicyclic) bond motifs is 1. The molecule has 4 aromatic rings. The molecule has 1 aromatic heterocycles. The van der Waals surface area contributed by atoms with E-state index in [-0.39, 0.29) is 18.3 Å². The molecule has 0 aliphatic rings. The normalized spacial score (nSPS) is 10.8. The topological polar surface area (TPSA) is 80.6 Å². The highest BCUT2D eigenvalue weighted by atomic mass is 16.5. The van der Waals surface area contributed by atoms with E-state index in [1.165, 1.54) is 0 Å².